The number of anilines is 1. The van der Waals surface area contributed by atoms with E-state index in [1.54, 1.807) is 0 Å². The molecule has 0 aliphatic carbocycles. The molecule has 74 valence electrons. The summed E-state index contributed by atoms with van der Waals surface area (Å²) in [6.45, 7) is 8.57. The minimum atomic E-state index is 0.492. The summed E-state index contributed by atoms with van der Waals surface area (Å²) < 4.78 is 0. The first-order valence-corrected chi connectivity index (χ1v) is 4.99. The molecule has 0 spiro atoms. The summed E-state index contributed by atoms with van der Waals surface area (Å²) in [6.07, 6.45) is 2.13. The number of aromatic amines is 1. The summed E-state index contributed by atoms with van der Waals surface area (Å²) in [4.78, 5) is 0. The van der Waals surface area contributed by atoms with E-state index in [0.29, 0.717) is 6.04 Å². The van der Waals surface area contributed by atoms with Gasteiger partial charge in [0.1, 0.15) is 0 Å². The van der Waals surface area contributed by atoms with Crippen LogP contribution in [0.2, 0.25) is 0 Å². The molecule has 1 rings (SSSR count). The molecule has 0 fully saturated rings. The number of rotatable bonds is 4. The average molecular weight is 181 g/mol. The molecule has 2 N–H and O–H groups in total. The molecule has 0 aromatic carbocycles. The molecule has 0 bridgehead atoms. The molecule has 13 heavy (non-hydrogen) atoms. The van der Waals surface area contributed by atoms with Crippen LogP contribution in [0.1, 0.15) is 38.4 Å². The predicted octanol–water partition coefficient (Wildman–Crippen LogP) is 2.49. The molecule has 1 aromatic heterocycles. The SMILES string of the molecule is CCc1[nH]nc(NC(C)CC)c1C. The Morgan fingerprint density at radius 1 is 1.46 bits per heavy atom. The maximum Gasteiger partial charge on any atom is 0.151 e. The second kappa shape index (κ2) is 4.30. The molecule has 0 radical (unpaired) electrons. The van der Waals surface area contributed by atoms with E-state index in [2.05, 4.69) is 43.2 Å². The highest BCUT2D eigenvalue weighted by atomic mass is 15.2. The molecule has 0 amide bonds. The Hall–Kier alpha value is -0.990. The van der Waals surface area contributed by atoms with Gasteiger partial charge in [0.2, 0.25) is 0 Å². The number of hydrogen-bond donors (Lipinski definition) is 2. The van der Waals surface area contributed by atoms with Crippen LogP contribution in [-0.2, 0) is 6.42 Å². The Morgan fingerprint density at radius 2 is 2.15 bits per heavy atom. The van der Waals surface area contributed by atoms with Gasteiger partial charge in [-0.15, -0.1) is 0 Å². The van der Waals surface area contributed by atoms with Gasteiger partial charge < -0.3 is 5.32 Å². The number of hydrogen-bond acceptors (Lipinski definition) is 2. The number of aromatic nitrogens is 2. The van der Waals surface area contributed by atoms with Gasteiger partial charge in [0, 0.05) is 17.3 Å². The van der Waals surface area contributed by atoms with Crippen LogP contribution in [-0.4, -0.2) is 16.2 Å². The molecule has 1 atom stereocenters. The molecular formula is C10H19N3. The summed E-state index contributed by atoms with van der Waals surface area (Å²) in [7, 11) is 0. The topological polar surface area (TPSA) is 40.7 Å². The van der Waals surface area contributed by atoms with E-state index in [1.165, 1.54) is 11.3 Å². The Bertz CT molecular complexity index is 265. The van der Waals surface area contributed by atoms with E-state index in [4.69, 9.17) is 0 Å². The first kappa shape index (κ1) is 10.1. The van der Waals surface area contributed by atoms with E-state index >= 15 is 0 Å². The summed E-state index contributed by atoms with van der Waals surface area (Å²) >= 11 is 0. The Labute approximate surface area is 79.9 Å². The zero-order valence-corrected chi connectivity index (χ0v) is 8.94. The monoisotopic (exact) mass is 181 g/mol. The summed E-state index contributed by atoms with van der Waals surface area (Å²) in [5, 5.41) is 10.7. The molecule has 1 heterocycles. The van der Waals surface area contributed by atoms with Crippen LogP contribution in [0.3, 0.4) is 0 Å². The minimum Gasteiger partial charge on any atom is -0.366 e. The van der Waals surface area contributed by atoms with Crippen LogP contribution in [0, 0.1) is 6.92 Å². The standard InChI is InChI=1S/C10H19N3/c1-5-7(3)11-10-8(4)9(6-2)12-13-10/h7H,5-6H2,1-4H3,(H2,11,12,13). The van der Waals surface area contributed by atoms with Crippen molar-refractivity contribution in [1.82, 2.24) is 10.2 Å². The highest BCUT2D eigenvalue weighted by Crippen LogP contribution is 2.16. The fraction of sp³-hybridized carbons (Fsp3) is 0.700. The quantitative estimate of drug-likeness (QED) is 0.749. The third kappa shape index (κ3) is 2.23. The van der Waals surface area contributed by atoms with Crippen molar-refractivity contribution in [2.24, 2.45) is 0 Å². The number of H-pyrrole nitrogens is 1. The van der Waals surface area contributed by atoms with Crippen LogP contribution < -0.4 is 5.32 Å². The third-order valence-corrected chi connectivity index (χ3v) is 2.46. The van der Waals surface area contributed by atoms with Crippen molar-refractivity contribution < 1.29 is 0 Å². The summed E-state index contributed by atoms with van der Waals surface area (Å²) in [6, 6.07) is 0.492. The molecule has 3 nitrogen and oxygen atoms in total. The second-order valence-electron chi connectivity index (χ2n) is 3.48. The van der Waals surface area contributed by atoms with Gasteiger partial charge in [-0.1, -0.05) is 13.8 Å². The van der Waals surface area contributed by atoms with Crippen LogP contribution in [0.25, 0.3) is 0 Å². The van der Waals surface area contributed by atoms with Crippen molar-refractivity contribution in [2.45, 2.75) is 46.6 Å². The highest BCUT2D eigenvalue weighted by Gasteiger charge is 2.08. The first-order valence-electron chi connectivity index (χ1n) is 4.99. The fourth-order valence-electron chi connectivity index (χ4n) is 1.25. The van der Waals surface area contributed by atoms with Crippen molar-refractivity contribution >= 4 is 5.82 Å². The lowest BCUT2D eigenvalue weighted by atomic mass is 10.2. The van der Waals surface area contributed by atoms with Gasteiger partial charge in [-0.3, -0.25) is 5.10 Å². The summed E-state index contributed by atoms with van der Waals surface area (Å²) in [5.41, 5.74) is 2.48. The molecule has 0 saturated carbocycles. The fourth-order valence-corrected chi connectivity index (χ4v) is 1.25. The van der Waals surface area contributed by atoms with Crippen LogP contribution in [0.5, 0.6) is 0 Å². The molecule has 0 saturated heterocycles. The largest absolute Gasteiger partial charge is 0.366 e. The maximum absolute atomic E-state index is 4.24. The van der Waals surface area contributed by atoms with E-state index in [-0.39, 0.29) is 0 Å². The average Bonchev–Trinajstić information content (AvgIpc) is 2.48. The smallest absolute Gasteiger partial charge is 0.151 e. The summed E-state index contributed by atoms with van der Waals surface area (Å²) in [5.74, 6) is 1.01. The first-order chi connectivity index (χ1) is 6.19. The Morgan fingerprint density at radius 3 is 2.62 bits per heavy atom. The van der Waals surface area contributed by atoms with Gasteiger partial charge in [0.15, 0.2) is 5.82 Å². The zero-order valence-electron chi connectivity index (χ0n) is 8.94. The lowest BCUT2D eigenvalue weighted by Crippen LogP contribution is -2.14. The Balaban J connectivity index is 2.72. The van der Waals surface area contributed by atoms with E-state index in [0.717, 1.165) is 18.7 Å². The molecule has 3 heteroatoms. The highest BCUT2D eigenvalue weighted by molar-refractivity contribution is 5.46. The van der Waals surface area contributed by atoms with Gasteiger partial charge >= 0.3 is 0 Å². The molecule has 0 aliphatic heterocycles. The van der Waals surface area contributed by atoms with Gasteiger partial charge in [-0.25, -0.2) is 0 Å². The van der Waals surface area contributed by atoms with Crippen molar-refractivity contribution in [1.29, 1.82) is 0 Å². The predicted molar refractivity (Wildman–Crippen MR) is 56.1 cm³/mol. The molecule has 1 unspecified atom stereocenters. The molecule has 0 aliphatic rings. The van der Waals surface area contributed by atoms with E-state index < -0.39 is 0 Å². The lowest BCUT2D eigenvalue weighted by molar-refractivity contribution is 0.757. The number of nitrogens with zero attached hydrogens (tertiary/aromatic N) is 1. The van der Waals surface area contributed by atoms with Gasteiger partial charge in [-0.2, -0.15) is 5.10 Å². The van der Waals surface area contributed by atoms with Gasteiger partial charge in [0.05, 0.1) is 0 Å². The van der Waals surface area contributed by atoms with Crippen molar-refractivity contribution in [2.75, 3.05) is 5.32 Å². The van der Waals surface area contributed by atoms with E-state index in [1.807, 2.05) is 0 Å². The van der Waals surface area contributed by atoms with Crippen LogP contribution in [0.4, 0.5) is 5.82 Å². The van der Waals surface area contributed by atoms with Crippen LogP contribution in [0.15, 0.2) is 0 Å². The maximum atomic E-state index is 4.24. The normalized spacial score (nSPS) is 12.9. The third-order valence-electron chi connectivity index (χ3n) is 2.46. The number of aryl methyl sites for hydroxylation is 1. The van der Waals surface area contributed by atoms with Gasteiger partial charge in [0.25, 0.3) is 0 Å². The minimum absolute atomic E-state index is 0.492. The zero-order chi connectivity index (χ0) is 9.84. The van der Waals surface area contributed by atoms with Crippen molar-refractivity contribution in [3.8, 4) is 0 Å². The van der Waals surface area contributed by atoms with Crippen LogP contribution >= 0.6 is 0 Å². The van der Waals surface area contributed by atoms with E-state index in [9.17, 15) is 0 Å². The molecule has 1 aromatic rings. The Kier molecular flexibility index (Phi) is 3.34. The molecular weight excluding hydrogens is 162 g/mol. The number of nitrogens with one attached hydrogen (secondary N) is 2. The second-order valence-corrected chi connectivity index (χ2v) is 3.48. The van der Waals surface area contributed by atoms with Crippen molar-refractivity contribution in [3.63, 3.8) is 0 Å². The van der Waals surface area contributed by atoms with Gasteiger partial charge in [-0.05, 0) is 26.7 Å². The van der Waals surface area contributed by atoms with Crippen molar-refractivity contribution in [3.05, 3.63) is 11.3 Å². The lowest BCUT2D eigenvalue weighted by Gasteiger charge is -2.10.